The van der Waals surface area contributed by atoms with Gasteiger partial charge in [0.15, 0.2) is 6.10 Å². The number of nitrogens with zero attached hydrogens (tertiary/aromatic N) is 1. The second-order valence-electron chi connectivity index (χ2n) is 4.10. The first-order valence-electron chi connectivity index (χ1n) is 5.68. The van der Waals surface area contributed by atoms with E-state index in [1.807, 2.05) is 6.07 Å². The van der Waals surface area contributed by atoms with Crippen LogP contribution in [-0.4, -0.2) is 18.1 Å². The smallest absolute Gasteiger partial charge is 0.261 e. The zero-order chi connectivity index (χ0) is 14.6. The highest BCUT2D eigenvalue weighted by molar-refractivity contribution is 6.36. The maximum atomic E-state index is 11.7. The van der Waals surface area contributed by atoms with Gasteiger partial charge in [0.05, 0.1) is 11.1 Å². The van der Waals surface area contributed by atoms with Crippen molar-refractivity contribution in [2.45, 2.75) is 32.9 Å². The second-order valence-corrected chi connectivity index (χ2v) is 4.89. The van der Waals surface area contributed by atoms with E-state index in [0.717, 1.165) is 0 Å². The molecular weight excluding hydrogens is 287 g/mol. The molecule has 102 valence electrons. The van der Waals surface area contributed by atoms with Gasteiger partial charge < -0.3 is 10.1 Å². The van der Waals surface area contributed by atoms with Crippen LogP contribution in [0.1, 0.15) is 19.4 Å². The van der Waals surface area contributed by atoms with Gasteiger partial charge in [-0.3, -0.25) is 4.79 Å². The molecule has 1 amide bonds. The topological polar surface area (TPSA) is 62.1 Å². The van der Waals surface area contributed by atoms with Crippen LogP contribution in [0.2, 0.25) is 10.0 Å². The lowest BCUT2D eigenvalue weighted by Crippen LogP contribution is -2.40. The van der Waals surface area contributed by atoms with Crippen molar-refractivity contribution in [3.63, 3.8) is 0 Å². The van der Waals surface area contributed by atoms with Gasteiger partial charge in [-0.2, -0.15) is 5.26 Å². The molecule has 2 atom stereocenters. The number of ether oxygens (including phenoxy) is 1. The number of amides is 1. The number of halogens is 2. The molecule has 0 aliphatic heterocycles. The lowest BCUT2D eigenvalue weighted by Gasteiger charge is -2.17. The van der Waals surface area contributed by atoms with Crippen LogP contribution in [0, 0.1) is 18.3 Å². The molecule has 0 saturated carbocycles. The largest absolute Gasteiger partial charge is 0.479 e. The van der Waals surface area contributed by atoms with E-state index in [1.54, 1.807) is 32.9 Å². The summed E-state index contributed by atoms with van der Waals surface area (Å²) in [6.45, 7) is 4.93. The van der Waals surface area contributed by atoms with E-state index in [0.29, 0.717) is 21.4 Å². The first-order chi connectivity index (χ1) is 8.86. The molecule has 4 nitrogen and oxygen atoms in total. The van der Waals surface area contributed by atoms with Crippen LogP contribution < -0.4 is 10.1 Å². The molecule has 19 heavy (non-hydrogen) atoms. The van der Waals surface area contributed by atoms with E-state index in [2.05, 4.69) is 5.32 Å². The number of hydrogen-bond donors (Lipinski definition) is 1. The van der Waals surface area contributed by atoms with E-state index in [4.69, 9.17) is 33.2 Å². The van der Waals surface area contributed by atoms with Gasteiger partial charge in [0.25, 0.3) is 5.91 Å². The molecule has 1 rings (SSSR count). The van der Waals surface area contributed by atoms with Gasteiger partial charge in [-0.1, -0.05) is 23.2 Å². The molecule has 1 aromatic rings. The summed E-state index contributed by atoms with van der Waals surface area (Å²) in [5.74, 6) is 0.00791. The van der Waals surface area contributed by atoms with E-state index in [9.17, 15) is 4.79 Å². The Kier molecular flexibility index (Phi) is 5.46. The Morgan fingerprint density at radius 3 is 2.63 bits per heavy atom. The fourth-order valence-electron chi connectivity index (χ4n) is 1.33. The van der Waals surface area contributed by atoms with Crippen LogP contribution in [0.25, 0.3) is 0 Å². The van der Waals surface area contributed by atoms with Crippen LogP contribution in [-0.2, 0) is 4.79 Å². The van der Waals surface area contributed by atoms with Crippen molar-refractivity contribution in [3.05, 3.63) is 27.7 Å². The van der Waals surface area contributed by atoms with Gasteiger partial charge in [-0.05, 0) is 38.5 Å². The van der Waals surface area contributed by atoms with Crippen molar-refractivity contribution >= 4 is 29.1 Å². The number of nitriles is 1. The number of benzene rings is 1. The van der Waals surface area contributed by atoms with E-state index < -0.39 is 12.1 Å². The zero-order valence-electron chi connectivity index (χ0n) is 10.8. The maximum absolute atomic E-state index is 11.7. The fourth-order valence-corrected chi connectivity index (χ4v) is 1.75. The normalized spacial score (nSPS) is 13.3. The highest BCUT2D eigenvalue weighted by Crippen LogP contribution is 2.33. The van der Waals surface area contributed by atoms with Gasteiger partial charge in [0.2, 0.25) is 0 Å². The minimum Gasteiger partial charge on any atom is -0.479 e. The summed E-state index contributed by atoms with van der Waals surface area (Å²) in [4.78, 5) is 11.7. The third-order valence-corrected chi connectivity index (χ3v) is 3.39. The molecule has 2 unspecified atom stereocenters. The van der Waals surface area contributed by atoms with Gasteiger partial charge in [0.1, 0.15) is 11.8 Å². The molecule has 0 heterocycles. The fraction of sp³-hybridized carbons (Fsp3) is 0.385. The van der Waals surface area contributed by atoms with E-state index in [-0.39, 0.29) is 5.91 Å². The van der Waals surface area contributed by atoms with Gasteiger partial charge in [-0.25, -0.2) is 0 Å². The summed E-state index contributed by atoms with van der Waals surface area (Å²) >= 11 is 12.0. The molecule has 0 aliphatic rings. The third kappa shape index (κ3) is 4.02. The Morgan fingerprint density at radius 2 is 2.05 bits per heavy atom. The first kappa shape index (κ1) is 15.6. The van der Waals surface area contributed by atoms with Crippen LogP contribution >= 0.6 is 23.2 Å². The molecule has 0 aliphatic carbocycles. The van der Waals surface area contributed by atoms with Gasteiger partial charge in [-0.15, -0.1) is 0 Å². The molecule has 0 saturated heterocycles. The number of nitrogens with one attached hydrogen (secondary N) is 1. The summed E-state index contributed by atoms with van der Waals surface area (Å²) in [6.07, 6.45) is -0.756. The highest BCUT2D eigenvalue weighted by Gasteiger charge is 2.18. The SMILES string of the molecule is Cc1c(Cl)ccc(OC(C)C(=O)NC(C)C#N)c1Cl. The molecule has 0 fully saturated rings. The van der Waals surface area contributed by atoms with E-state index >= 15 is 0 Å². The van der Waals surface area contributed by atoms with E-state index in [1.165, 1.54) is 0 Å². The molecule has 1 N–H and O–H groups in total. The lowest BCUT2D eigenvalue weighted by atomic mass is 10.2. The summed E-state index contributed by atoms with van der Waals surface area (Å²) < 4.78 is 5.48. The zero-order valence-corrected chi connectivity index (χ0v) is 12.3. The number of carbonyl (C=O) groups is 1. The monoisotopic (exact) mass is 300 g/mol. The Labute approximate surface area is 122 Å². The number of carbonyl (C=O) groups excluding carboxylic acids is 1. The summed E-state index contributed by atoms with van der Waals surface area (Å²) in [7, 11) is 0. The molecule has 0 aromatic heterocycles. The molecule has 1 aromatic carbocycles. The van der Waals surface area contributed by atoms with Crippen molar-refractivity contribution in [1.29, 1.82) is 5.26 Å². The molecule has 6 heteroatoms. The third-order valence-electron chi connectivity index (χ3n) is 2.51. The Bertz CT molecular complexity index is 526. The van der Waals surface area contributed by atoms with Crippen LogP contribution in [0.5, 0.6) is 5.75 Å². The maximum Gasteiger partial charge on any atom is 0.261 e. The predicted molar refractivity (Wildman–Crippen MR) is 74.5 cm³/mol. The van der Waals surface area contributed by atoms with Crippen molar-refractivity contribution in [1.82, 2.24) is 5.32 Å². The summed E-state index contributed by atoms with van der Waals surface area (Å²) in [5.41, 5.74) is 0.693. The molecular formula is C13H14Cl2N2O2. The average Bonchev–Trinajstić information content (AvgIpc) is 2.39. The van der Waals surface area contributed by atoms with Crippen LogP contribution in [0.3, 0.4) is 0 Å². The lowest BCUT2D eigenvalue weighted by molar-refractivity contribution is -0.127. The standard InChI is InChI=1S/C13H14Cl2N2O2/c1-7(6-16)17-13(18)9(3)19-11-5-4-10(14)8(2)12(11)15/h4-5,7,9H,1-3H3,(H,17,18). The van der Waals surface area contributed by atoms with Crippen molar-refractivity contribution < 1.29 is 9.53 Å². The van der Waals surface area contributed by atoms with Crippen molar-refractivity contribution in [2.75, 3.05) is 0 Å². The number of hydrogen-bond acceptors (Lipinski definition) is 3. The molecule has 0 spiro atoms. The Hall–Kier alpha value is -1.44. The summed E-state index contributed by atoms with van der Waals surface area (Å²) in [5, 5.41) is 12.0. The highest BCUT2D eigenvalue weighted by atomic mass is 35.5. The Morgan fingerprint density at radius 1 is 1.42 bits per heavy atom. The quantitative estimate of drug-likeness (QED) is 0.929. The second kappa shape index (κ2) is 6.65. The minimum atomic E-state index is -0.756. The van der Waals surface area contributed by atoms with Crippen LogP contribution in [0.4, 0.5) is 0 Å². The first-order valence-corrected chi connectivity index (χ1v) is 6.43. The summed E-state index contributed by atoms with van der Waals surface area (Å²) in [6, 6.07) is 4.60. The predicted octanol–water partition coefficient (Wildman–Crippen LogP) is 3.10. The Balaban J connectivity index is 2.78. The van der Waals surface area contributed by atoms with Gasteiger partial charge in [0, 0.05) is 5.02 Å². The average molecular weight is 301 g/mol. The molecule has 0 radical (unpaired) electrons. The molecule has 0 bridgehead atoms. The van der Waals surface area contributed by atoms with Gasteiger partial charge >= 0.3 is 0 Å². The van der Waals surface area contributed by atoms with Crippen molar-refractivity contribution in [2.24, 2.45) is 0 Å². The van der Waals surface area contributed by atoms with Crippen LogP contribution in [0.15, 0.2) is 12.1 Å². The van der Waals surface area contributed by atoms with Crippen molar-refractivity contribution in [3.8, 4) is 11.8 Å². The number of rotatable bonds is 4. The minimum absolute atomic E-state index is 0.375.